The fourth-order valence-corrected chi connectivity index (χ4v) is 6.68. The van der Waals surface area contributed by atoms with E-state index in [0.29, 0.717) is 0 Å². The minimum absolute atomic E-state index is 0.837. The molecular formula is C32H54. The highest BCUT2D eigenvalue weighted by atomic mass is 14.3. The molecule has 0 atom stereocenters. The van der Waals surface area contributed by atoms with E-state index < -0.39 is 0 Å². The Hall–Kier alpha value is -0.780. The molecule has 1 aromatic carbocycles. The van der Waals surface area contributed by atoms with Gasteiger partial charge in [0.15, 0.2) is 0 Å². The molecule has 0 radical (unpaired) electrons. The number of hydrogen-bond donors (Lipinski definition) is 0. The highest BCUT2D eigenvalue weighted by Gasteiger charge is 2.22. The molecular weight excluding hydrogens is 384 g/mol. The molecule has 0 heterocycles. The SMILES string of the molecule is CCCCCC1CCC(CCCCc2ccc(C3CCC(CCCCC)CC3)cc2)CC1. The number of aryl methyl sites for hydroxylation is 1. The molecule has 0 bridgehead atoms. The van der Waals surface area contributed by atoms with Crippen molar-refractivity contribution in [2.45, 2.75) is 148 Å². The Morgan fingerprint density at radius 2 is 0.969 bits per heavy atom. The van der Waals surface area contributed by atoms with Crippen LogP contribution in [0.5, 0.6) is 0 Å². The third-order valence-corrected chi connectivity index (χ3v) is 9.02. The summed E-state index contributed by atoms with van der Waals surface area (Å²) in [4.78, 5) is 0. The van der Waals surface area contributed by atoms with Crippen molar-refractivity contribution < 1.29 is 0 Å². The average molecular weight is 439 g/mol. The van der Waals surface area contributed by atoms with E-state index in [2.05, 4.69) is 38.1 Å². The van der Waals surface area contributed by atoms with Crippen LogP contribution in [0.25, 0.3) is 0 Å². The molecule has 0 heteroatoms. The zero-order valence-corrected chi connectivity index (χ0v) is 21.8. The first-order valence-corrected chi connectivity index (χ1v) is 14.9. The van der Waals surface area contributed by atoms with Gasteiger partial charge in [-0.3, -0.25) is 0 Å². The van der Waals surface area contributed by atoms with Gasteiger partial charge in [0, 0.05) is 0 Å². The van der Waals surface area contributed by atoms with E-state index in [0.717, 1.165) is 23.7 Å². The Bertz CT molecular complexity index is 569. The summed E-state index contributed by atoms with van der Waals surface area (Å²) in [6.45, 7) is 4.65. The smallest absolute Gasteiger partial charge is 0.0162 e. The monoisotopic (exact) mass is 438 g/mol. The highest BCUT2D eigenvalue weighted by molar-refractivity contribution is 5.26. The second-order valence-corrected chi connectivity index (χ2v) is 11.6. The standard InChI is InChI=1S/C32H54/c1-3-5-7-11-27-15-17-28(18-16-27)13-9-10-14-30-21-25-32(26-22-30)31-23-19-29(20-24-31)12-8-6-4-2/h21-22,25-29,31H,3-20,23-24H2,1-2H3. The largest absolute Gasteiger partial charge is 0.0654 e. The van der Waals surface area contributed by atoms with E-state index in [1.54, 1.807) is 11.1 Å². The molecule has 0 aliphatic heterocycles. The summed E-state index contributed by atoms with van der Waals surface area (Å²) in [6, 6.07) is 9.84. The summed E-state index contributed by atoms with van der Waals surface area (Å²) >= 11 is 0. The van der Waals surface area contributed by atoms with Crippen LogP contribution in [0.15, 0.2) is 24.3 Å². The van der Waals surface area contributed by atoms with Crippen molar-refractivity contribution in [3.8, 4) is 0 Å². The lowest BCUT2D eigenvalue weighted by atomic mass is 9.77. The second-order valence-electron chi connectivity index (χ2n) is 11.6. The first-order valence-electron chi connectivity index (χ1n) is 14.9. The first kappa shape index (κ1) is 25.8. The van der Waals surface area contributed by atoms with Crippen LogP contribution in [-0.2, 0) is 6.42 Å². The van der Waals surface area contributed by atoms with Crippen molar-refractivity contribution in [3.05, 3.63) is 35.4 Å². The lowest BCUT2D eigenvalue weighted by molar-refractivity contribution is 0.245. The van der Waals surface area contributed by atoms with Crippen molar-refractivity contribution in [1.29, 1.82) is 0 Å². The predicted molar refractivity (Wildman–Crippen MR) is 142 cm³/mol. The molecule has 2 saturated carbocycles. The first-order chi connectivity index (χ1) is 15.8. The third kappa shape index (κ3) is 9.23. The van der Waals surface area contributed by atoms with E-state index in [4.69, 9.17) is 0 Å². The maximum atomic E-state index is 2.47. The molecule has 0 N–H and O–H groups in total. The maximum Gasteiger partial charge on any atom is -0.0162 e. The highest BCUT2D eigenvalue weighted by Crippen LogP contribution is 2.38. The van der Waals surface area contributed by atoms with Crippen LogP contribution >= 0.6 is 0 Å². The number of rotatable bonds is 14. The van der Waals surface area contributed by atoms with Gasteiger partial charge in [-0.2, -0.15) is 0 Å². The predicted octanol–water partition coefficient (Wildman–Crippen LogP) is 10.6. The molecule has 0 unspecified atom stereocenters. The van der Waals surface area contributed by atoms with Crippen LogP contribution < -0.4 is 0 Å². The lowest BCUT2D eigenvalue weighted by Gasteiger charge is -2.29. The van der Waals surface area contributed by atoms with Crippen LogP contribution in [0.4, 0.5) is 0 Å². The fraction of sp³-hybridized carbons (Fsp3) is 0.812. The van der Waals surface area contributed by atoms with Gasteiger partial charge >= 0.3 is 0 Å². The van der Waals surface area contributed by atoms with E-state index in [-0.39, 0.29) is 0 Å². The summed E-state index contributed by atoms with van der Waals surface area (Å²) in [7, 11) is 0. The van der Waals surface area contributed by atoms with Crippen molar-refractivity contribution >= 4 is 0 Å². The van der Waals surface area contributed by atoms with Gasteiger partial charge in [0.2, 0.25) is 0 Å². The molecule has 2 aliphatic carbocycles. The number of hydrogen-bond acceptors (Lipinski definition) is 0. The van der Waals surface area contributed by atoms with Crippen LogP contribution in [-0.4, -0.2) is 0 Å². The van der Waals surface area contributed by atoms with E-state index >= 15 is 0 Å². The average Bonchev–Trinajstić information content (AvgIpc) is 2.84. The van der Waals surface area contributed by atoms with Gasteiger partial charge in [-0.1, -0.05) is 128 Å². The zero-order valence-electron chi connectivity index (χ0n) is 21.8. The topological polar surface area (TPSA) is 0 Å². The Kier molecular flexibility index (Phi) is 12.3. The van der Waals surface area contributed by atoms with Gasteiger partial charge in [-0.05, 0) is 73.3 Å². The maximum absolute atomic E-state index is 2.47. The molecule has 3 rings (SSSR count). The third-order valence-electron chi connectivity index (χ3n) is 9.02. The van der Waals surface area contributed by atoms with Crippen LogP contribution in [0, 0.1) is 17.8 Å². The Morgan fingerprint density at radius 1 is 0.531 bits per heavy atom. The van der Waals surface area contributed by atoms with E-state index in [9.17, 15) is 0 Å². The molecule has 0 spiro atoms. The minimum Gasteiger partial charge on any atom is -0.0654 e. The number of benzene rings is 1. The fourth-order valence-electron chi connectivity index (χ4n) is 6.68. The minimum atomic E-state index is 0.837. The van der Waals surface area contributed by atoms with Gasteiger partial charge in [0.25, 0.3) is 0 Å². The van der Waals surface area contributed by atoms with Crippen LogP contribution in [0.1, 0.15) is 153 Å². The Labute approximate surface area is 201 Å². The van der Waals surface area contributed by atoms with E-state index in [1.165, 1.54) is 128 Å². The van der Waals surface area contributed by atoms with Crippen LogP contribution in [0.2, 0.25) is 0 Å². The van der Waals surface area contributed by atoms with Crippen molar-refractivity contribution in [3.63, 3.8) is 0 Å². The summed E-state index contributed by atoms with van der Waals surface area (Å²) < 4.78 is 0. The van der Waals surface area contributed by atoms with Gasteiger partial charge in [0.05, 0.1) is 0 Å². The quantitative estimate of drug-likeness (QED) is 0.253. The van der Waals surface area contributed by atoms with E-state index in [1.807, 2.05) is 0 Å². The molecule has 0 aromatic heterocycles. The van der Waals surface area contributed by atoms with Gasteiger partial charge in [0.1, 0.15) is 0 Å². The molecule has 0 nitrogen and oxygen atoms in total. The summed E-state index contributed by atoms with van der Waals surface area (Å²) in [5.74, 6) is 3.96. The molecule has 0 saturated heterocycles. The zero-order chi connectivity index (χ0) is 22.4. The second kappa shape index (κ2) is 15.2. The van der Waals surface area contributed by atoms with Crippen molar-refractivity contribution in [2.24, 2.45) is 17.8 Å². The normalized spacial score (nSPS) is 26.3. The van der Waals surface area contributed by atoms with Crippen molar-refractivity contribution in [1.82, 2.24) is 0 Å². The molecule has 0 amide bonds. The Balaban J connectivity index is 1.26. The summed E-state index contributed by atoms with van der Waals surface area (Å²) in [5.41, 5.74) is 3.19. The molecule has 182 valence electrons. The Morgan fingerprint density at radius 3 is 1.44 bits per heavy atom. The molecule has 2 fully saturated rings. The van der Waals surface area contributed by atoms with Crippen LogP contribution in [0.3, 0.4) is 0 Å². The van der Waals surface area contributed by atoms with Gasteiger partial charge in [-0.15, -0.1) is 0 Å². The summed E-state index contributed by atoms with van der Waals surface area (Å²) in [5, 5.41) is 0. The number of unbranched alkanes of at least 4 members (excludes halogenated alkanes) is 5. The lowest BCUT2D eigenvalue weighted by Crippen LogP contribution is -2.14. The molecule has 1 aromatic rings. The molecule has 32 heavy (non-hydrogen) atoms. The van der Waals surface area contributed by atoms with Gasteiger partial charge < -0.3 is 0 Å². The van der Waals surface area contributed by atoms with Crippen molar-refractivity contribution in [2.75, 3.05) is 0 Å². The molecule has 2 aliphatic rings. The van der Waals surface area contributed by atoms with Gasteiger partial charge in [-0.25, -0.2) is 0 Å². The summed E-state index contributed by atoms with van der Waals surface area (Å²) in [6.07, 6.45) is 29.0.